The number of likely N-dealkylation sites (tertiary alicyclic amines) is 1. The molecule has 2 amide bonds. The van der Waals surface area contributed by atoms with Gasteiger partial charge < -0.3 is 15.0 Å². The quantitative estimate of drug-likeness (QED) is 0.589. The number of nitro benzene ring substituents is 1. The second-order valence-electron chi connectivity index (χ2n) is 8.15. The van der Waals surface area contributed by atoms with Gasteiger partial charge in [-0.25, -0.2) is 0 Å². The van der Waals surface area contributed by atoms with Gasteiger partial charge in [-0.05, 0) is 49.9 Å². The van der Waals surface area contributed by atoms with Crippen molar-refractivity contribution in [2.75, 3.05) is 19.7 Å². The lowest BCUT2D eigenvalue weighted by molar-refractivity contribution is -0.385. The number of hydrogen-bond acceptors (Lipinski definition) is 5. The maximum atomic E-state index is 13.0. The van der Waals surface area contributed by atoms with Gasteiger partial charge in [0.1, 0.15) is 11.8 Å². The molecule has 8 nitrogen and oxygen atoms in total. The summed E-state index contributed by atoms with van der Waals surface area (Å²) in [5.74, 6) is 0.645. The van der Waals surface area contributed by atoms with Crippen LogP contribution in [0.5, 0.6) is 5.75 Å². The molecule has 31 heavy (non-hydrogen) atoms. The fourth-order valence-electron chi connectivity index (χ4n) is 4.33. The highest BCUT2D eigenvalue weighted by atomic mass is 16.6. The first-order valence-corrected chi connectivity index (χ1v) is 10.5. The Morgan fingerprint density at radius 2 is 2.06 bits per heavy atom. The van der Waals surface area contributed by atoms with Gasteiger partial charge in [0.25, 0.3) is 11.6 Å². The number of hydrogen-bond donors (Lipinski definition) is 1. The normalized spacial score (nSPS) is 20.0. The molecule has 2 aliphatic rings. The molecule has 1 N–H and O–H groups in total. The van der Waals surface area contributed by atoms with Crippen LogP contribution in [0.15, 0.2) is 42.5 Å². The Hall–Kier alpha value is -3.42. The third-order valence-electron chi connectivity index (χ3n) is 5.98. The van der Waals surface area contributed by atoms with E-state index in [9.17, 15) is 19.7 Å². The zero-order valence-electron chi connectivity index (χ0n) is 17.4. The Morgan fingerprint density at radius 1 is 1.26 bits per heavy atom. The Kier molecular flexibility index (Phi) is 5.88. The predicted octanol–water partition coefficient (Wildman–Crippen LogP) is 2.88. The van der Waals surface area contributed by atoms with Gasteiger partial charge in [0.15, 0.2) is 0 Å². The molecular formula is C23H25N3O5. The van der Waals surface area contributed by atoms with Gasteiger partial charge in [-0.3, -0.25) is 19.7 Å². The molecule has 8 heteroatoms. The minimum absolute atomic E-state index is 0.0245. The van der Waals surface area contributed by atoms with Gasteiger partial charge in [-0.2, -0.15) is 0 Å². The monoisotopic (exact) mass is 423 g/mol. The molecule has 0 aromatic heterocycles. The number of amides is 2. The van der Waals surface area contributed by atoms with Crippen LogP contribution in [-0.2, 0) is 11.2 Å². The number of benzene rings is 2. The molecule has 1 fully saturated rings. The van der Waals surface area contributed by atoms with Crippen molar-refractivity contribution in [3.8, 4) is 5.75 Å². The number of aryl methyl sites for hydroxylation is 1. The van der Waals surface area contributed by atoms with E-state index in [0.29, 0.717) is 37.2 Å². The van der Waals surface area contributed by atoms with Crippen LogP contribution < -0.4 is 10.1 Å². The second-order valence-corrected chi connectivity index (χ2v) is 8.15. The van der Waals surface area contributed by atoms with Crippen LogP contribution in [0.4, 0.5) is 5.69 Å². The smallest absolute Gasteiger partial charge is 0.272 e. The molecule has 162 valence electrons. The van der Waals surface area contributed by atoms with E-state index in [2.05, 4.69) is 5.32 Å². The van der Waals surface area contributed by atoms with Gasteiger partial charge in [0.2, 0.25) is 5.91 Å². The molecule has 2 aliphatic heterocycles. The molecule has 2 unspecified atom stereocenters. The van der Waals surface area contributed by atoms with E-state index >= 15 is 0 Å². The number of carbonyl (C=O) groups is 2. The molecule has 2 heterocycles. The summed E-state index contributed by atoms with van der Waals surface area (Å²) in [5.41, 5.74) is 1.90. The molecule has 2 atom stereocenters. The average molecular weight is 423 g/mol. The van der Waals surface area contributed by atoms with Crippen molar-refractivity contribution >= 4 is 17.5 Å². The Balaban J connectivity index is 1.38. The van der Waals surface area contributed by atoms with Crippen LogP contribution in [0, 0.1) is 23.0 Å². The topological polar surface area (TPSA) is 102 Å². The van der Waals surface area contributed by atoms with Crippen molar-refractivity contribution in [2.24, 2.45) is 5.92 Å². The summed E-state index contributed by atoms with van der Waals surface area (Å²) in [6.45, 7) is 3.13. The minimum Gasteiger partial charge on any atom is -0.493 e. The third kappa shape index (κ3) is 4.38. The number of carbonyl (C=O) groups excluding carboxylic acids is 2. The first kappa shape index (κ1) is 20.8. The molecule has 1 saturated heterocycles. The van der Waals surface area contributed by atoms with E-state index in [-0.39, 0.29) is 23.4 Å². The summed E-state index contributed by atoms with van der Waals surface area (Å²) in [6, 6.07) is 11.7. The van der Waals surface area contributed by atoms with Crippen molar-refractivity contribution in [3.63, 3.8) is 0 Å². The van der Waals surface area contributed by atoms with Crippen molar-refractivity contribution in [1.82, 2.24) is 10.2 Å². The van der Waals surface area contributed by atoms with Crippen LogP contribution in [0.1, 0.15) is 34.3 Å². The Labute approximate surface area is 180 Å². The summed E-state index contributed by atoms with van der Waals surface area (Å²) in [7, 11) is 0. The number of nitrogens with zero attached hydrogens (tertiary/aromatic N) is 2. The van der Waals surface area contributed by atoms with Gasteiger partial charge in [0, 0.05) is 36.2 Å². The molecule has 2 aromatic rings. The van der Waals surface area contributed by atoms with Crippen LogP contribution >= 0.6 is 0 Å². The predicted molar refractivity (Wildman–Crippen MR) is 114 cm³/mol. The van der Waals surface area contributed by atoms with Crippen molar-refractivity contribution < 1.29 is 19.2 Å². The summed E-state index contributed by atoms with van der Waals surface area (Å²) in [6.07, 6.45) is 2.19. The number of nitro groups is 1. The maximum Gasteiger partial charge on any atom is 0.272 e. The van der Waals surface area contributed by atoms with Crippen LogP contribution in [0.2, 0.25) is 0 Å². The Bertz CT molecular complexity index is 1020. The van der Waals surface area contributed by atoms with E-state index < -0.39 is 11.0 Å². The maximum absolute atomic E-state index is 13.0. The number of fused-ring (bicyclic) bond motifs is 1. The number of nitrogens with one attached hydrogen (secondary N) is 1. The van der Waals surface area contributed by atoms with E-state index in [1.165, 1.54) is 18.2 Å². The molecule has 4 rings (SSSR count). The highest BCUT2D eigenvalue weighted by Gasteiger charge is 2.35. The highest BCUT2D eigenvalue weighted by molar-refractivity contribution is 5.98. The van der Waals surface area contributed by atoms with Crippen molar-refractivity contribution in [1.29, 1.82) is 0 Å². The first-order chi connectivity index (χ1) is 14.9. The van der Waals surface area contributed by atoms with E-state index in [4.69, 9.17) is 4.74 Å². The van der Waals surface area contributed by atoms with Crippen molar-refractivity contribution in [3.05, 3.63) is 69.3 Å². The second kappa shape index (κ2) is 8.75. The molecule has 2 aromatic carbocycles. The standard InChI is InChI=1S/C23H25N3O5/c1-15-11-18(8-9-19(15)26(29)30)23(28)25-10-4-6-20(25)22(27)24-13-16-12-17-5-2-3-7-21(17)31-14-16/h2-3,5,7-9,11,16,20H,4,6,10,12-14H2,1H3,(H,24,27). The lowest BCUT2D eigenvalue weighted by atomic mass is 9.96. The number of para-hydroxylation sites is 1. The largest absolute Gasteiger partial charge is 0.493 e. The van der Waals surface area contributed by atoms with E-state index in [1.54, 1.807) is 11.8 Å². The van der Waals surface area contributed by atoms with Crippen LogP contribution in [-0.4, -0.2) is 47.4 Å². The molecule has 0 saturated carbocycles. The summed E-state index contributed by atoms with van der Waals surface area (Å²) < 4.78 is 5.78. The summed E-state index contributed by atoms with van der Waals surface area (Å²) in [4.78, 5) is 38.0. The SMILES string of the molecule is Cc1cc(C(=O)N2CCCC2C(=O)NCC2COc3ccccc3C2)ccc1[N+](=O)[O-]. The number of ether oxygens (including phenoxy) is 1. The zero-order chi connectivity index (χ0) is 22.0. The van der Waals surface area contributed by atoms with Gasteiger partial charge in [0.05, 0.1) is 11.5 Å². The lowest BCUT2D eigenvalue weighted by Gasteiger charge is -2.27. The van der Waals surface area contributed by atoms with Crippen molar-refractivity contribution in [2.45, 2.75) is 32.2 Å². The molecule has 0 radical (unpaired) electrons. The molecule has 0 spiro atoms. The number of rotatable bonds is 5. The van der Waals surface area contributed by atoms with Gasteiger partial charge in [-0.15, -0.1) is 0 Å². The van der Waals surface area contributed by atoms with Crippen LogP contribution in [0.3, 0.4) is 0 Å². The fourth-order valence-corrected chi connectivity index (χ4v) is 4.33. The van der Waals surface area contributed by atoms with Gasteiger partial charge in [-0.1, -0.05) is 18.2 Å². The van der Waals surface area contributed by atoms with E-state index in [1.807, 2.05) is 24.3 Å². The zero-order valence-corrected chi connectivity index (χ0v) is 17.4. The minimum atomic E-state index is -0.528. The highest BCUT2D eigenvalue weighted by Crippen LogP contribution is 2.27. The summed E-state index contributed by atoms with van der Waals surface area (Å²) >= 11 is 0. The lowest BCUT2D eigenvalue weighted by Crippen LogP contribution is -2.47. The Morgan fingerprint density at radius 3 is 2.84 bits per heavy atom. The summed E-state index contributed by atoms with van der Waals surface area (Å²) in [5, 5.41) is 14.0. The molecule has 0 bridgehead atoms. The first-order valence-electron chi connectivity index (χ1n) is 10.5. The third-order valence-corrected chi connectivity index (χ3v) is 5.98. The average Bonchev–Trinajstić information content (AvgIpc) is 3.26. The van der Waals surface area contributed by atoms with Gasteiger partial charge >= 0.3 is 0 Å². The fraction of sp³-hybridized carbons (Fsp3) is 0.391. The molecule has 0 aliphatic carbocycles. The van der Waals surface area contributed by atoms with Crippen LogP contribution in [0.25, 0.3) is 0 Å². The molecular weight excluding hydrogens is 398 g/mol. The van der Waals surface area contributed by atoms with E-state index in [0.717, 1.165) is 24.2 Å².